The van der Waals surface area contributed by atoms with E-state index in [0.717, 1.165) is 16.9 Å². The van der Waals surface area contributed by atoms with Gasteiger partial charge in [0.15, 0.2) is 0 Å². The van der Waals surface area contributed by atoms with E-state index < -0.39 is 0 Å². The lowest BCUT2D eigenvalue weighted by molar-refractivity contribution is -0.499. The van der Waals surface area contributed by atoms with E-state index in [4.69, 9.17) is 34.3 Å². The van der Waals surface area contributed by atoms with Crippen molar-refractivity contribution in [3.05, 3.63) is 64.7 Å². The normalized spacial score (nSPS) is 10.5. The Labute approximate surface area is 133 Å². The maximum atomic E-state index is 6.11. The highest BCUT2D eigenvalue weighted by atomic mass is 35.5. The molecule has 21 heavy (non-hydrogen) atoms. The summed E-state index contributed by atoms with van der Waals surface area (Å²) in [6.07, 6.45) is 1.72. The third kappa shape index (κ3) is 4.73. The van der Waals surface area contributed by atoms with Crippen molar-refractivity contribution in [3.8, 4) is 5.75 Å². The Hall–Kier alpha value is -2.11. The SMILES string of the molecule is NC(=S)N[NH+]=Cc1ccccc1OCc1ccccc1Cl. The zero-order chi connectivity index (χ0) is 15.1. The van der Waals surface area contributed by atoms with Crippen molar-refractivity contribution in [1.29, 1.82) is 0 Å². The Morgan fingerprint density at radius 1 is 1.24 bits per heavy atom. The molecule has 0 spiro atoms. The number of para-hydroxylation sites is 1. The standard InChI is InChI=1S/C15H14ClN3OS/c16-13-7-3-1-6-12(13)10-20-14-8-4-2-5-11(14)9-18-19-15(17)21/h1-9H,10H2,(H3,17,19,21)/p+1. The summed E-state index contributed by atoms with van der Waals surface area (Å²) in [4.78, 5) is 0. The molecule has 4 nitrogen and oxygen atoms in total. The zero-order valence-corrected chi connectivity index (χ0v) is 12.7. The van der Waals surface area contributed by atoms with Gasteiger partial charge in [-0.05, 0) is 30.4 Å². The van der Waals surface area contributed by atoms with E-state index in [-0.39, 0.29) is 5.11 Å². The number of benzene rings is 2. The van der Waals surface area contributed by atoms with Crippen LogP contribution in [0.3, 0.4) is 0 Å². The van der Waals surface area contributed by atoms with Crippen LogP contribution in [0.2, 0.25) is 5.02 Å². The van der Waals surface area contributed by atoms with Gasteiger partial charge in [-0.1, -0.05) is 41.9 Å². The first-order valence-corrected chi connectivity index (χ1v) is 7.05. The number of rotatable bonds is 5. The molecule has 0 aliphatic heterocycles. The Balaban J connectivity index is 2.08. The predicted molar refractivity (Wildman–Crippen MR) is 88.3 cm³/mol. The Morgan fingerprint density at radius 3 is 2.71 bits per heavy atom. The highest BCUT2D eigenvalue weighted by Gasteiger charge is 2.05. The van der Waals surface area contributed by atoms with Crippen LogP contribution in [0.15, 0.2) is 48.5 Å². The molecule has 0 amide bonds. The van der Waals surface area contributed by atoms with E-state index in [1.807, 2.05) is 48.5 Å². The van der Waals surface area contributed by atoms with Gasteiger partial charge in [0.1, 0.15) is 12.4 Å². The maximum Gasteiger partial charge on any atom is 0.221 e. The summed E-state index contributed by atoms with van der Waals surface area (Å²) in [6, 6.07) is 15.2. The second-order valence-corrected chi connectivity index (χ2v) is 5.04. The van der Waals surface area contributed by atoms with Crippen molar-refractivity contribution in [2.24, 2.45) is 5.73 Å². The molecule has 0 aromatic heterocycles. The summed E-state index contributed by atoms with van der Waals surface area (Å²) in [7, 11) is 0. The van der Waals surface area contributed by atoms with Gasteiger partial charge in [-0.3, -0.25) is 0 Å². The first-order valence-electron chi connectivity index (χ1n) is 6.26. The van der Waals surface area contributed by atoms with E-state index in [0.29, 0.717) is 11.6 Å². The molecule has 0 aliphatic carbocycles. The summed E-state index contributed by atoms with van der Waals surface area (Å²) in [6.45, 7) is 0.396. The zero-order valence-electron chi connectivity index (χ0n) is 11.2. The fourth-order valence-corrected chi connectivity index (χ4v) is 1.94. The lowest BCUT2D eigenvalue weighted by Gasteiger charge is -2.09. The second kappa shape index (κ2) is 7.61. The van der Waals surface area contributed by atoms with Gasteiger partial charge in [-0.25, -0.2) is 0 Å². The van der Waals surface area contributed by atoms with Crippen LogP contribution in [0.1, 0.15) is 11.1 Å². The molecule has 4 N–H and O–H groups in total. The monoisotopic (exact) mass is 320 g/mol. The minimum absolute atomic E-state index is 0.167. The van der Waals surface area contributed by atoms with Gasteiger partial charge in [0.2, 0.25) is 11.3 Å². The third-order valence-corrected chi connectivity index (χ3v) is 3.15. The van der Waals surface area contributed by atoms with E-state index >= 15 is 0 Å². The number of halogens is 1. The number of hydrogen-bond donors (Lipinski definition) is 3. The molecular weight excluding hydrogens is 306 g/mol. The van der Waals surface area contributed by atoms with Gasteiger partial charge >= 0.3 is 0 Å². The van der Waals surface area contributed by atoms with Crippen LogP contribution in [0, 0.1) is 0 Å². The summed E-state index contributed by atoms with van der Waals surface area (Å²) in [5.41, 5.74) is 9.77. The van der Waals surface area contributed by atoms with E-state index in [2.05, 4.69) is 10.5 Å². The van der Waals surface area contributed by atoms with Gasteiger partial charge < -0.3 is 10.5 Å². The van der Waals surface area contributed by atoms with Gasteiger partial charge in [0.05, 0.1) is 5.56 Å². The number of thiocarbonyl (C=S) groups is 1. The van der Waals surface area contributed by atoms with Crippen molar-refractivity contribution in [2.45, 2.75) is 6.61 Å². The maximum absolute atomic E-state index is 6.11. The molecule has 2 aromatic rings. The van der Waals surface area contributed by atoms with Crippen LogP contribution in [-0.4, -0.2) is 11.3 Å². The number of hydrogen-bond acceptors (Lipinski definition) is 2. The first-order chi connectivity index (χ1) is 10.2. The van der Waals surface area contributed by atoms with E-state index in [9.17, 15) is 0 Å². The minimum atomic E-state index is 0.167. The molecule has 0 atom stereocenters. The molecule has 108 valence electrons. The molecule has 2 rings (SSSR count). The van der Waals surface area contributed by atoms with Crippen LogP contribution in [-0.2, 0) is 6.61 Å². The van der Waals surface area contributed by atoms with Gasteiger partial charge in [0, 0.05) is 10.6 Å². The van der Waals surface area contributed by atoms with Crippen molar-refractivity contribution >= 4 is 35.1 Å². The summed E-state index contributed by atoms with van der Waals surface area (Å²) in [5, 5.41) is 3.66. The first kappa shape index (κ1) is 15.3. The smallest absolute Gasteiger partial charge is 0.221 e. The van der Waals surface area contributed by atoms with Crippen molar-refractivity contribution in [1.82, 2.24) is 5.43 Å². The molecule has 2 aromatic carbocycles. The third-order valence-electron chi connectivity index (χ3n) is 2.68. The van der Waals surface area contributed by atoms with Crippen molar-refractivity contribution in [2.75, 3.05) is 0 Å². The van der Waals surface area contributed by atoms with E-state index in [1.54, 1.807) is 6.21 Å². The highest BCUT2D eigenvalue weighted by molar-refractivity contribution is 7.80. The molecule has 0 radical (unpaired) electrons. The lowest BCUT2D eigenvalue weighted by Crippen LogP contribution is -2.82. The van der Waals surface area contributed by atoms with Crippen molar-refractivity contribution < 1.29 is 9.84 Å². The minimum Gasteiger partial charge on any atom is -0.488 e. The van der Waals surface area contributed by atoms with Gasteiger partial charge in [0.25, 0.3) is 0 Å². The van der Waals surface area contributed by atoms with Crippen LogP contribution >= 0.6 is 23.8 Å². The van der Waals surface area contributed by atoms with Gasteiger partial charge in [-0.15, -0.1) is 10.5 Å². The Kier molecular flexibility index (Phi) is 5.54. The number of hydrazone groups is 1. The largest absolute Gasteiger partial charge is 0.488 e. The van der Waals surface area contributed by atoms with E-state index in [1.165, 1.54) is 0 Å². The number of ether oxygens (including phenoxy) is 1. The summed E-state index contributed by atoms with van der Waals surface area (Å²) in [5.74, 6) is 0.731. The summed E-state index contributed by atoms with van der Waals surface area (Å²) < 4.78 is 5.81. The molecule has 0 unspecified atom stereocenters. The number of nitrogens with two attached hydrogens (primary N) is 1. The highest BCUT2D eigenvalue weighted by Crippen LogP contribution is 2.20. The van der Waals surface area contributed by atoms with Crippen molar-refractivity contribution in [3.63, 3.8) is 0 Å². The van der Waals surface area contributed by atoms with Crippen LogP contribution in [0.4, 0.5) is 0 Å². The van der Waals surface area contributed by atoms with Crippen LogP contribution in [0.5, 0.6) is 5.75 Å². The average Bonchev–Trinajstić information content (AvgIpc) is 2.47. The molecule has 0 saturated carbocycles. The fraction of sp³-hybridized carbons (Fsp3) is 0.0667. The average molecular weight is 321 g/mol. The topological polar surface area (TPSA) is 61.2 Å². The molecular formula is C15H15ClN3OS+. The predicted octanol–water partition coefficient (Wildman–Crippen LogP) is 1.17. The molecule has 0 bridgehead atoms. The molecule has 0 aliphatic rings. The Bertz CT molecular complexity index is 661. The molecule has 6 heteroatoms. The quantitative estimate of drug-likeness (QED) is 0.440. The Morgan fingerprint density at radius 2 is 1.95 bits per heavy atom. The molecule has 0 fully saturated rings. The lowest BCUT2D eigenvalue weighted by atomic mass is 10.2. The fourth-order valence-electron chi connectivity index (χ4n) is 1.69. The van der Waals surface area contributed by atoms with Gasteiger partial charge in [-0.2, -0.15) is 0 Å². The van der Waals surface area contributed by atoms with Crippen LogP contribution < -0.4 is 21.0 Å². The number of nitrogens with one attached hydrogen (secondary N) is 2. The number of hydrazine groups is 1. The molecule has 0 saturated heterocycles. The second-order valence-electron chi connectivity index (χ2n) is 4.20. The van der Waals surface area contributed by atoms with Crippen LogP contribution in [0.25, 0.3) is 0 Å². The molecule has 0 heterocycles. The summed E-state index contributed by atoms with van der Waals surface area (Å²) >= 11 is 10.8.